The van der Waals surface area contributed by atoms with Gasteiger partial charge in [0.15, 0.2) is 0 Å². The first-order valence-electron chi connectivity index (χ1n) is 8.86. The molecule has 0 saturated heterocycles. The first kappa shape index (κ1) is 18.6. The molecule has 0 saturated carbocycles. The van der Waals surface area contributed by atoms with Crippen LogP contribution in [0.4, 0.5) is 17.5 Å². The molecule has 0 aliphatic rings. The molecule has 1 aromatic carbocycles. The summed E-state index contributed by atoms with van der Waals surface area (Å²) in [5.41, 5.74) is 9.20. The minimum Gasteiger partial charge on any atom is -0.508 e. The number of anilines is 3. The first-order valence-corrected chi connectivity index (χ1v) is 8.86. The van der Waals surface area contributed by atoms with Crippen molar-refractivity contribution in [2.75, 3.05) is 30.4 Å². The standard InChI is InChI=1S/C20H24N6O/c1-14-17(7-11-23-19(14)22-10-4-9-21)18-8-12-24-20(25-18)26(2)15-5-3-6-16(27)13-15/h3,5-8,11-13,27H,4,9-10,21H2,1-2H3,(H,22,23). The lowest BCUT2D eigenvalue weighted by Crippen LogP contribution is -2.13. The number of aromatic nitrogens is 3. The summed E-state index contributed by atoms with van der Waals surface area (Å²) < 4.78 is 0. The average molecular weight is 364 g/mol. The van der Waals surface area contributed by atoms with Gasteiger partial charge in [0, 0.05) is 48.9 Å². The molecule has 0 radical (unpaired) electrons. The fraction of sp³-hybridized carbons (Fsp3) is 0.250. The average Bonchev–Trinajstić information content (AvgIpc) is 2.69. The summed E-state index contributed by atoms with van der Waals surface area (Å²) in [4.78, 5) is 15.3. The van der Waals surface area contributed by atoms with E-state index in [0.29, 0.717) is 12.5 Å². The number of benzene rings is 1. The van der Waals surface area contributed by atoms with Gasteiger partial charge in [0.25, 0.3) is 0 Å². The van der Waals surface area contributed by atoms with Crippen molar-refractivity contribution in [2.24, 2.45) is 5.73 Å². The number of phenolic OH excluding ortho intramolecular Hbond substituents is 1. The molecule has 27 heavy (non-hydrogen) atoms. The van der Waals surface area contributed by atoms with Gasteiger partial charge in [-0.05, 0) is 44.2 Å². The molecule has 0 fully saturated rings. The Labute approximate surface area is 158 Å². The van der Waals surface area contributed by atoms with Crippen LogP contribution in [0.15, 0.2) is 48.8 Å². The minimum absolute atomic E-state index is 0.202. The van der Waals surface area contributed by atoms with Crippen LogP contribution in [0, 0.1) is 6.92 Å². The molecule has 0 bridgehead atoms. The molecule has 7 nitrogen and oxygen atoms in total. The predicted octanol–water partition coefficient (Wildman–Crippen LogP) is 3.08. The third kappa shape index (κ3) is 4.32. The molecule has 0 spiro atoms. The fourth-order valence-corrected chi connectivity index (χ4v) is 2.78. The number of nitrogens with two attached hydrogens (primary N) is 1. The number of hydrogen-bond donors (Lipinski definition) is 3. The maximum atomic E-state index is 9.71. The van der Waals surface area contributed by atoms with Crippen molar-refractivity contribution in [2.45, 2.75) is 13.3 Å². The number of hydrogen-bond acceptors (Lipinski definition) is 7. The third-order valence-corrected chi connectivity index (χ3v) is 4.31. The van der Waals surface area contributed by atoms with Crippen molar-refractivity contribution in [3.8, 4) is 17.0 Å². The Hall–Kier alpha value is -3.19. The van der Waals surface area contributed by atoms with E-state index in [1.54, 1.807) is 30.6 Å². The predicted molar refractivity (Wildman–Crippen MR) is 108 cm³/mol. The Morgan fingerprint density at radius 2 is 1.96 bits per heavy atom. The monoisotopic (exact) mass is 364 g/mol. The second-order valence-electron chi connectivity index (χ2n) is 6.22. The summed E-state index contributed by atoms with van der Waals surface area (Å²) in [5.74, 6) is 1.59. The van der Waals surface area contributed by atoms with Crippen LogP contribution in [-0.2, 0) is 0 Å². The molecule has 0 amide bonds. The highest BCUT2D eigenvalue weighted by Gasteiger charge is 2.12. The lowest BCUT2D eigenvalue weighted by atomic mass is 10.1. The van der Waals surface area contributed by atoms with Crippen molar-refractivity contribution in [1.82, 2.24) is 15.0 Å². The third-order valence-electron chi connectivity index (χ3n) is 4.31. The molecule has 3 aromatic rings. The molecular formula is C20H24N6O. The maximum Gasteiger partial charge on any atom is 0.230 e. The summed E-state index contributed by atoms with van der Waals surface area (Å²) in [5, 5.41) is 13.0. The second-order valence-corrected chi connectivity index (χ2v) is 6.22. The van der Waals surface area contributed by atoms with E-state index in [1.165, 1.54) is 0 Å². The lowest BCUT2D eigenvalue weighted by Gasteiger charge is -2.18. The van der Waals surface area contributed by atoms with Crippen LogP contribution >= 0.6 is 0 Å². The first-order chi connectivity index (χ1) is 13.1. The highest BCUT2D eigenvalue weighted by molar-refractivity contribution is 5.70. The van der Waals surface area contributed by atoms with E-state index in [4.69, 9.17) is 10.7 Å². The van der Waals surface area contributed by atoms with E-state index < -0.39 is 0 Å². The van der Waals surface area contributed by atoms with E-state index in [-0.39, 0.29) is 5.75 Å². The molecule has 0 atom stereocenters. The summed E-state index contributed by atoms with van der Waals surface area (Å²) in [6, 6.07) is 10.8. The largest absolute Gasteiger partial charge is 0.508 e. The van der Waals surface area contributed by atoms with Crippen LogP contribution in [-0.4, -0.2) is 40.2 Å². The second kappa shape index (κ2) is 8.46. The van der Waals surface area contributed by atoms with E-state index in [0.717, 1.165) is 41.3 Å². The van der Waals surface area contributed by atoms with E-state index in [1.807, 2.05) is 37.1 Å². The summed E-state index contributed by atoms with van der Waals surface area (Å²) in [6.07, 6.45) is 4.39. The van der Waals surface area contributed by atoms with Gasteiger partial charge >= 0.3 is 0 Å². The van der Waals surface area contributed by atoms with Gasteiger partial charge in [-0.3, -0.25) is 0 Å². The van der Waals surface area contributed by atoms with Gasteiger partial charge in [0.2, 0.25) is 5.95 Å². The van der Waals surface area contributed by atoms with Crippen molar-refractivity contribution >= 4 is 17.5 Å². The van der Waals surface area contributed by atoms with Crippen molar-refractivity contribution in [3.63, 3.8) is 0 Å². The molecule has 4 N–H and O–H groups in total. The van der Waals surface area contributed by atoms with Gasteiger partial charge in [-0.25, -0.2) is 15.0 Å². The van der Waals surface area contributed by atoms with Crippen molar-refractivity contribution in [1.29, 1.82) is 0 Å². The van der Waals surface area contributed by atoms with E-state index in [9.17, 15) is 5.11 Å². The Morgan fingerprint density at radius 1 is 1.15 bits per heavy atom. The molecule has 0 aliphatic heterocycles. The van der Waals surface area contributed by atoms with E-state index in [2.05, 4.69) is 15.3 Å². The maximum absolute atomic E-state index is 9.71. The van der Waals surface area contributed by atoms with Crippen molar-refractivity contribution < 1.29 is 5.11 Å². The number of nitrogens with zero attached hydrogens (tertiary/aromatic N) is 4. The van der Waals surface area contributed by atoms with Crippen molar-refractivity contribution in [3.05, 3.63) is 54.4 Å². The zero-order valence-electron chi connectivity index (χ0n) is 15.6. The van der Waals surface area contributed by atoms with Crippen LogP contribution in [0.25, 0.3) is 11.3 Å². The highest BCUT2D eigenvalue weighted by atomic mass is 16.3. The lowest BCUT2D eigenvalue weighted by molar-refractivity contribution is 0.475. The van der Waals surface area contributed by atoms with Gasteiger partial charge in [-0.2, -0.15) is 0 Å². The molecule has 0 aliphatic carbocycles. The summed E-state index contributed by atoms with van der Waals surface area (Å²) in [7, 11) is 1.87. The molecule has 7 heteroatoms. The van der Waals surface area contributed by atoms with Crippen LogP contribution < -0.4 is 16.0 Å². The topological polar surface area (TPSA) is 100 Å². The Bertz CT molecular complexity index is 914. The summed E-state index contributed by atoms with van der Waals surface area (Å²) >= 11 is 0. The molecule has 3 rings (SSSR count). The summed E-state index contributed by atoms with van der Waals surface area (Å²) in [6.45, 7) is 3.44. The van der Waals surface area contributed by atoms with Gasteiger partial charge in [0.1, 0.15) is 11.6 Å². The molecule has 2 aromatic heterocycles. The Balaban J connectivity index is 1.90. The molecular weight excluding hydrogens is 340 g/mol. The zero-order chi connectivity index (χ0) is 19.2. The van der Waals surface area contributed by atoms with Gasteiger partial charge in [-0.15, -0.1) is 0 Å². The number of rotatable bonds is 7. The Kier molecular flexibility index (Phi) is 5.83. The van der Waals surface area contributed by atoms with Crippen LogP contribution in [0.3, 0.4) is 0 Å². The van der Waals surface area contributed by atoms with E-state index >= 15 is 0 Å². The smallest absolute Gasteiger partial charge is 0.230 e. The minimum atomic E-state index is 0.202. The number of pyridine rings is 1. The molecule has 2 heterocycles. The molecule has 0 unspecified atom stereocenters. The van der Waals surface area contributed by atoms with Crippen LogP contribution in [0.2, 0.25) is 0 Å². The van der Waals surface area contributed by atoms with Crippen LogP contribution in [0.1, 0.15) is 12.0 Å². The van der Waals surface area contributed by atoms with Gasteiger partial charge in [-0.1, -0.05) is 6.07 Å². The zero-order valence-corrected chi connectivity index (χ0v) is 15.6. The fourth-order valence-electron chi connectivity index (χ4n) is 2.78. The SMILES string of the molecule is Cc1c(-c2ccnc(N(C)c3cccc(O)c3)n2)ccnc1NCCCN. The van der Waals surface area contributed by atoms with Crippen LogP contribution in [0.5, 0.6) is 5.75 Å². The number of aromatic hydroxyl groups is 1. The van der Waals surface area contributed by atoms with Gasteiger partial charge < -0.3 is 21.1 Å². The quantitative estimate of drug-likeness (QED) is 0.554. The normalized spacial score (nSPS) is 10.6. The molecule has 140 valence electrons. The Morgan fingerprint density at radius 3 is 2.74 bits per heavy atom. The number of nitrogens with one attached hydrogen (secondary N) is 1. The van der Waals surface area contributed by atoms with Gasteiger partial charge in [0.05, 0.1) is 5.69 Å². The highest BCUT2D eigenvalue weighted by Crippen LogP contribution is 2.28. The number of phenols is 1.